The smallest absolute Gasteiger partial charge is 0.140 e. The molecule has 0 aliphatic heterocycles. The van der Waals surface area contributed by atoms with Crippen LogP contribution < -0.4 is 0 Å². The van der Waals surface area contributed by atoms with Crippen LogP contribution in [0.2, 0.25) is 0 Å². The monoisotopic (exact) mass is 250 g/mol. The van der Waals surface area contributed by atoms with Crippen molar-refractivity contribution in [2.45, 2.75) is 19.4 Å². The van der Waals surface area contributed by atoms with E-state index < -0.39 is 17.7 Å². The first-order valence-corrected chi connectivity index (χ1v) is 4.68. The van der Waals surface area contributed by atoms with Crippen molar-refractivity contribution >= 4 is 15.9 Å². The van der Waals surface area contributed by atoms with Gasteiger partial charge in [0, 0.05) is 11.6 Å². The molecule has 0 aliphatic rings. The lowest BCUT2D eigenvalue weighted by atomic mass is 10.1. The zero-order valence-electron chi connectivity index (χ0n) is 7.02. The van der Waals surface area contributed by atoms with Crippen molar-refractivity contribution in [1.82, 2.24) is 0 Å². The van der Waals surface area contributed by atoms with Crippen LogP contribution in [-0.4, -0.2) is 5.11 Å². The fourth-order valence-corrected chi connectivity index (χ4v) is 1.37. The first-order chi connectivity index (χ1) is 6.06. The lowest BCUT2D eigenvalue weighted by Gasteiger charge is -2.09. The van der Waals surface area contributed by atoms with Gasteiger partial charge in [-0.25, -0.2) is 8.78 Å². The maximum atomic E-state index is 13.0. The van der Waals surface area contributed by atoms with Gasteiger partial charge in [0.25, 0.3) is 0 Å². The van der Waals surface area contributed by atoms with E-state index in [1.54, 1.807) is 6.92 Å². The minimum absolute atomic E-state index is 0.121. The summed E-state index contributed by atoms with van der Waals surface area (Å²) in [6.07, 6.45) is -0.480. The molecule has 0 aromatic heterocycles. The molecule has 0 spiro atoms. The molecule has 0 aliphatic carbocycles. The maximum absolute atomic E-state index is 13.0. The van der Waals surface area contributed by atoms with Gasteiger partial charge in [-0.2, -0.15) is 0 Å². The van der Waals surface area contributed by atoms with Gasteiger partial charge in [0.15, 0.2) is 0 Å². The Morgan fingerprint density at radius 3 is 2.54 bits per heavy atom. The molecule has 72 valence electrons. The molecule has 1 aromatic rings. The van der Waals surface area contributed by atoms with Crippen LogP contribution in [0, 0.1) is 11.6 Å². The molecule has 0 bridgehead atoms. The molecule has 0 amide bonds. The summed E-state index contributed by atoms with van der Waals surface area (Å²) in [5, 5.41) is 9.34. The third-order valence-electron chi connectivity index (χ3n) is 1.79. The summed E-state index contributed by atoms with van der Waals surface area (Å²) in [5.41, 5.74) is 0.121. The van der Waals surface area contributed by atoms with Crippen LogP contribution in [-0.2, 0) is 0 Å². The van der Waals surface area contributed by atoms with Gasteiger partial charge in [-0.05, 0) is 28.4 Å². The highest BCUT2D eigenvalue weighted by Gasteiger charge is 2.13. The summed E-state index contributed by atoms with van der Waals surface area (Å²) in [5.74, 6) is -1.38. The SMILES string of the molecule is CCC(O)c1cc(Br)c(F)cc1F. The molecule has 1 nitrogen and oxygen atoms in total. The van der Waals surface area contributed by atoms with E-state index in [1.807, 2.05) is 0 Å². The van der Waals surface area contributed by atoms with Crippen molar-refractivity contribution in [3.8, 4) is 0 Å². The van der Waals surface area contributed by atoms with Gasteiger partial charge in [-0.3, -0.25) is 0 Å². The van der Waals surface area contributed by atoms with Crippen LogP contribution >= 0.6 is 15.9 Å². The Labute approximate surface area is 83.5 Å². The largest absolute Gasteiger partial charge is 0.388 e. The van der Waals surface area contributed by atoms with Gasteiger partial charge in [-0.1, -0.05) is 6.92 Å². The third kappa shape index (κ3) is 2.25. The van der Waals surface area contributed by atoms with Crippen LogP contribution in [0.4, 0.5) is 8.78 Å². The summed E-state index contributed by atoms with van der Waals surface area (Å²) in [6, 6.07) is 2.02. The lowest BCUT2D eigenvalue weighted by molar-refractivity contribution is 0.168. The fraction of sp³-hybridized carbons (Fsp3) is 0.333. The van der Waals surface area contributed by atoms with Crippen molar-refractivity contribution in [1.29, 1.82) is 0 Å². The molecule has 1 rings (SSSR count). The highest BCUT2D eigenvalue weighted by atomic mass is 79.9. The van der Waals surface area contributed by atoms with E-state index in [4.69, 9.17) is 0 Å². The number of halogens is 3. The number of rotatable bonds is 2. The van der Waals surface area contributed by atoms with Gasteiger partial charge in [0.1, 0.15) is 11.6 Å². The first kappa shape index (κ1) is 10.6. The quantitative estimate of drug-likeness (QED) is 0.800. The van der Waals surface area contributed by atoms with E-state index in [0.717, 1.165) is 6.07 Å². The number of aliphatic hydroxyl groups is 1. The summed E-state index contributed by atoms with van der Waals surface area (Å²) in [7, 11) is 0. The number of hydrogen-bond acceptors (Lipinski definition) is 1. The Morgan fingerprint density at radius 1 is 1.38 bits per heavy atom. The second-order valence-electron chi connectivity index (χ2n) is 2.71. The van der Waals surface area contributed by atoms with Crippen LogP contribution in [0.5, 0.6) is 0 Å². The Hall–Kier alpha value is -0.480. The molecule has 1 aromatic carbocycles. The minimum Gasteiger partial charge on any atom is -0.388 e. The lowest BCUT2D eigenvalue weighted by Crippen LogP contribution is -2.00. The van der Waals surface area contributed by atoms with E-state index in [-0.39, 0.29) is 10.0 Å². The molecule has 13 heavy (non-hydrogen) atoms. The third-order valence-corrected chi connectivity index (χ3v) is 2.39. The Bertz CT molecular complexity index is 315. The van der Waals surface area contributed by atoms with E-state index in [9.17, 15) is 13.9 Å². The molecule has 0 saturated carbocycles. The molecule has 0 radical (unpaired) electrons. The molecule has 4 heteroatoms. The Kier molecular flexibility index (Phi) is 3.39. The van der Waals surface area contributed by atoms with E-state index >= 15 is 0 Å². The summed E-state index contributed by atoms with van der Waals surface area (Å²) in [6.45, 7) is 1.72. The van der Waals surface area contributed by atoms with Crippen molar-refractivity contribution < 1.29 is 13.9 Å². The second-order valence-corrected chi connectivity index (χ2v) is 3.57. The normalized spacial score (nSPS) is 13.0. The molecule has 1 atom stereocenters. The number of benzene rings is 1. The number of aliphatic hydroxyl groups excluding tert-OH is 1. The first-order valence-electron chi connectivity index (χ1n) is 3.88. The predicted octanol–water partition coefficient (Wildman–Crippen LogP) is 3.17. The van der Waals surface area contributed by atoms with E-state index in [2.05, 4.69) is 15.9 Å². The minimum atomic E-state index is -0.878. The van der Waals surface area contributed by atoms with Crippen molar-refractivity contribution in [2.75, 3.05) is 0 Å². The molecular formula is C9H9BrF2O. The zero-order valence-corrected chi connectivity index (χ0v) is 8.61. The molecule has 1 unspecified atom stereocenters. The Balaban J connectivity index is 3.15. The number of hydrogen-bond donors (Lipinski definition) is 1. The molecule has 1 N–H and O–H groups in total. The van der Waals surface area contributed by atoms with Gasteiger partial charge < -0.3 is 5.11 Å². The molecular weight excluding hydrogens is 242 g/mol. The van der Waals surface area contributed by atoms with Crippen molar-refractivity contribution in [3.05, 3.63) is 33.8 Å². The van der Waals surface area contributed by atoms with Crippen LogP contribution in [0.1, 0.15) is 25.0 Å². The van der Waals surface area contributed by atoms with Gasteiger partial charge in [0.05, 0.1) is 10.6 Å². The van der Waals surface area contributed by atoms with Gasteiger partial charge in [0.2, 0.25) is 0 Å². The molecule has 0 heterocycles. The average Bonchev–Trinajstić information content (AvgIpc) is 2.10. The van der Waals surface area contributed by atoms with Gasteiger partial charge >= 0.3 is 0 Å². The highest BCUT2D eigenvalue weighted by Crippen LogP contribution is 2.25. The van der Waals surface area contributed by atoms with Crippen LogP contribution in [0.25, 0.3) is 0 Å². The zero-order chi connectivity index (χ0) is 10.0. The van der Waals surface area contributed by atoms with Crippen LogP contribution in [0.3, 0.4) is 0 Å². The summed E-state index contributed by atoms with van der Waals surface area (Å²) >= 11 is 2.92. The Morgan fingerprint density at radius 2 is 2.00 bits per heavy atom. The van der Waals surface area contributed by atoms with Crippen molar-refractivity contribution in [3.63, 3.8) is 0 Å². The van der Waals surface area contributed by atoms with E-state index in [0.29, 0.717) is 6.42 Å². The summed E-state index contributed by atoms with van der Waals surface area (Å²) in [4.78, 5) is 0. The maximum Gasteiger partial charge on any atom is 0.140 e. The van der Waals surface area contributed by atoms with Gasteiger partial charge in [-0.15, -0.1) is 0 Å². The molecule has 0 fully saturated rings. The van der Waals surface area contributed by atoms with Crippen LogP contribution in [0.15, 0.2) is 16.6 Å². The second kappa shape index (κ2) is 4.15. The van der Waals surface area contributed by atoms with E-state index in [1.165, 1.54) is 6.07 Å². The van der Waals surface area contributed by atoms with Crippen molar-refractivity contribution in [2.24, 2.45) is 0 Å². The fourth-order valence-electron chi connectivity index (χ4n) is 1.01. The molecule has 0 saturated heterocycles. The standard InChI is InChI=1S/C9H9BrF2O/c1-2-9(13)5-3-6(10)8(12)4-7(5)11/h3-4,9,13H,2H2,1H3. The summed E-state index contributed by atoms with van der Waals surface area (Å²) < 4.78 is 26.0. The predicted molar refractivity (Wildman–Crippen MR) is 49.3 cm³/mol. The average molecular weight is 251 g/mol. The highest BCUT2D eigenvalue weighted by molar-refractivity contribution is 9.10. The topological polar surface area (TPSA) is 20.2 Å².